The Kier molecular flexibility index (Phi) is 3.96. The Balaban J connectivity index is 1.76. The maximum atomic E-state index is 12.5. The molecule has 0 saturated heterocycles. The highest BCUT2D eigenvalue weighted by Crippen LogP contribution is 2.35. The summed E-state index contributed by atoms with van der Waals surface area (Å²) in [7, 11) is 1.82. The van der Waals surface area contributed by atoms with Crippen LogP contribution in [0.2, 0.25) is 5.02 Å². The maximum absolute atomic E-state index is 12.5. The molecule has 1 unspecified atom stereocenters. The molecule has 126 valence electrons. The number of fused-ring (bicyclic) bond motifs is 1. The van der Waals surface area contributed by atoms with Gasteiger partial charge in [-0.2, -0.15) is 5.10 Å². The van der Waals surface area contributed by atoms with Crippen molar-refractivity contribution in [3.63, 3.8) is 0 Å². The number of nitrogens with zero attached hydrogens (tertiary/aromatic N) is 2. The molecule has 0 bridgehead atoms. The third kappa shape index (κ3) is 2.82. The van der Waals surface area contributed by atoms with Crippen molar-refractivity contribution in [1.29, 1.82) is 0 Å². The van der Waals surface area contributed by atoms with Crippen molar-refractivity contribution >= 4 is 29.1 Å². The van der Waals surface area contributed by atoms with Crippen molar-refractivity contribution in [3.05, 3.63) is 40.7 Å². The van der Waals surface area contributed by atoms with Gasteiger partial charge in [0.15, 0.2) is 0 Å². The number of amides is 2. The van der Waals surface area contributed by atoms with Gasteiger partial charge in [-0.25, -0.2) is 0 Å². The van der Waals surface area contributed by atoms with Crippen LogP contribution >= 0.6 is 11.6 Å². The van der Waals surface area contributed by atoms with Crippen LogP contribution in [0, 0.1) is 6.92 Å². The highest BCUT2D eigenvalue weighted by Gasteiger charge is 2.47. The van der Waals surface area contributed by atoms with Crippen LogP contribution in [0.1, 0.15) is 18.3 Å². The molecule has 2 amide bonds. The summed E-state index contributed by atoms with van der Waals surface area (Å²) >= 11 is 5.90. The summed E-state index contributed by atoms with van der Waals surface area (Å²) in [5.74, 6) is -0.693. The summed E-state index contributed by atoms with van der Waals surface area (Å²) in [6.07, 6.45) is 0. The lowest BCUT2D eigenvalue weighted by Gasteiger charge is -2.33. The molecule has 1 aromatic carbocycles. The average Bonchev–Trinajstić information content (AvgIpc) is 2.85. The summed E-state index contributed by atoms with van der Waals surface area (Å²) in [5.41, 5.74) is 0.460. The topological polar surface area (TPSA) is 85.2 Å². The standard InChI is InChI=1S/C16H17ClN4O3/c1-9-6-11(20-21(9)3)8-18-14(22)16(2)15(23)19-12-7-10(17)4-5-13(12)24-16/h4-7H,8H2,1-3H3,(H,18,22)(H,19,23). The van der Waals surface area contributed by atoms with Crippen LogP contribution in [0.5, 0.6) is 5.75 Å². The molecule has 1 aliphatic rings. The summed E-state index contributed by atoms with van der Waals surface area (Å²) < 4.78 is 7.37. The number of nitrogens with one attached hydrogen (secondary N) is 2. The Morgan fingerprint density at radius 1 is 1.46 bits per heavy atom. The first-order valence-electron chi connectivity index (χ1n) is 7.37. The number of aryl methyl sites for hydroxylation is 2. The minimum Gasteiger partial charge on any atom is -0.466 e. The van der Waals surface area contributed by atoms with E-state index < -0.39 is 17.4 Å². The lowest BCUT2D eigenvalue weighted by Crippen LogP contribution is -2.58. The van der Waals surface area contributed by atoms with Gasteiger partial charge >= 0.3 is 0 Å². The molecule has 0 radical (unpaired) electrons. The SMILES string of the molecule is Cc1cc(CNC(=O)C2(C)Oc3ccc(Cl)cc3NC2=O)nn1C. The molecule has 0 spiro atoms. The zero-order chi connectivity index (χ0) is 17.5. The van der Waals surface area contributed by atoms with E-state index in [1.807, 2.05) is 20.0 Å². The number of halogens is 1. The third-order valence-electron chi connectivity index (χ3n) is 3.96. The van der Waals surface area contributed by atoms with Crippen molar-refractivity contribution < 1.29 is 14.3 Å². The second kappa shape index (κ2) is 5.83. The fraction of sp³-hybridized carbons (Fsp3) is 0.312. The largest absolute Gasteiger partial charge is 0.466 e. The number of hydrogen-bond donors (Lipinski definition) is 2. The van der Waals surface area contributed by atoms with E-state index in [2.05, 4.69) is 15.7 Å². The molecule has 0 saturated carbocycles. The molecule has 0 aliphatic carbocycles. The Hall–Kier alpha value is -2.54. The van der Waals surface area contributed by atoms with Crippen LogP contribution in [0.25, 0.3) is 0 Å². The Morgan fingerprint density at radius 3 is 2.88 bits per heavy atom. The Bertz CT molecular complexity index is 813. The van der Waals surface area contributed by atoms with Crippen LogP contribution in [0.3, 0.4) is 0 Å². The monoisotopic (exact) mass is 348 g/mol. The molecule has 2 heterocycles. The van der Waals surface area contributed by atoms with Gasteiger partial charge in [0.25, 0.3) is 17.4 Å². The number of carbonyl (C=O) groups excluding carboxylic acids is 2. The van der Waals surface area contributed by atoms with E-state index in [0.717, 1.165) is 5.69 Å². The first-order valence-corrected chi connectivity index (χ1v) is 7.75. The fourth-order valence-electron chi connectivity index (χ4n) is 2.41. The van der Waals surface area contributed by atoms with E-state index in [0.29, 0.717) is 22.2 Å². The smallest absolute Gasteiger partial charge is 0.278 e. The summed E-state index contributed by atoms with van der Waals surface area (Å²) in [4.78, 5) is 24.9. The van der Waals surface area contributed by atoms with Gasteiger partial charge in [0.2, 0.25) is 0 Å². The molecule has 8 heteroatoms. The number of aromatic nitrogens is 2. The predicted octanol–water partition coefficient (Wildman–Crippen LogP) is 1.79. The molecule has 1 aliphatic heterocycles. The van der Waals surface area contributed by atoms with Crippen LogP contribution in [0.4, 0.5) is 5.69 Å². The molecular weight excluding hydrogens is 332 g/mol. The molecular formula is C16H17ClN4O3. The summed E-state index contributed by atoms with van der Waals surface area (Å²) in [5, 5.41) is 10.1. The molecule has 2 aromatic rings. The number of rotatable bonds is 3. The minimum absolute atomic E-state index is 0.209. The van der Waals surface area contributed by atoms with E-state index in [1.54, 1.807) is 22.9 Å². The fourth-order valence-corrected chi connectivity index (χ4v) is 2.58. The van der Waals surface area contributed by atoms with Gasteiger partial charge in [0, 0.05) is 17.8 Å². The van der Waals surface area contributed by atoms with E-state index in [1.165, 1.54) is 6.92 Å². The molecule has 1 atom stereocenters. The van der Waals surface area contributed by atoms with Gasteiger partial charge in [0.1, 0.15) is 5.75 Å². The normalized spacial score (nSPS) is 19.2. The molecule has 1 aromatic heterocycles. The quantitative estimate of drug-likeness (QED) is 0.828. The van der Waals surface area contributed by atoms with Crippen molar-refractivity contribution in [2.75, 3.05) is 5.32 Å². The van der Waals surface area contributed by atoms with Gasteiger partial charge in [-0.1, -0.05) is 11.6 Å². The second-order valence-electron chi connectivity index (χ2n) is 5.81. The predicted molar refractivity (Wildman–Crippen MR) is 88.9 cm³/mol. The molecule has 2 N–H and O–H groups in total. The number of anilines is 1. The Morgan fingerprint density at radius 2 is 2.21 bits per heavy atom. The van der Waals surface area contributed by atoms with Gasteiger partial charge in [-0.15, -0.1) is 0 Å². The minimum atomic E-state index is -1.66. The first kappa shape index (κ1) is 16.3. The maximum Gasteiger partial charge on any atom is 0.278 e. The van der Waals surface area contributed by atoms with Crippen LogP contribution in [0.15, 0.2) is 24.3 Å². The lowest BCUT2D eigenvalue weighted by molar-refractivity contribution is -0.146. The first-order chi connectivity index (χ1) is 11.3. The third-order valence-corrected chi connectivity index (χ3v) is 4.20. The summed E-state index contributed by atoms with van der Waals surface area (Å²) in [6, 6.07) is 6.68. The molecule has 0 fully saturated rings. The number of ether oxygens (including phenoxy) is 1. The summed E-state index contributed by atoms with van der Waals surface area (Å²) in [6.45, 7) is 3.55. The highest BCUT2D eigenvalue weighted by molar-refractivity contribution is 6.31. The van der Waals surface area contributed by atoms with Crippen molar-refractivity contribution in [1.82, 2.24) is 15.1 Å². The van der Waals surface area contributed by atoms with Gasteiger partial charge in [0.05, 0.1) is 17.9 Å². The average molecular weight is 349 g/mol. The van der Waals surface area contributed by atoms with Gasteiger partial charge in [-0.3, -0.25) is 14.3 Å². The molecule has 7 nitrogen and oxygen atoms in total. The number of hydrogen-bond acceptors (Lipinski definition) is 4. The van der Waals surface area contributed by atoms with Crippen molar-refractivity contribution in [2.24, 2.45) is 7.05 Å². The van der Waals surface area contributed by atoms with E-state index in [-0.39, 0.29) is 6.54 Å². The second-order valence-corrected chi connectivity index (χ2v) is 6.25. The van der Waals surface area contributed by atoms with Crippen molar-refractivity contribution in [3.8, 4) is 5.75 Å². The lowest BCUT2D eigenvalue weighted by atomic mass is 10.0. The van der Waals surface area contributed by atoms with E-state index in [4.69, 9.17) is 16.3 Å². The highest BCUT2D eigenvalue weighted by atomic mass is 35.5. The number of benzene rings is 1. The molecule has 24 heavy (non-hydrogen) atoms. The Labute approximate surface area is 143 Å². The molecule has 3 rings (SSSR count). The number of carbonyl (C=O) groups is 2. The zero-order valence-corrected chi connectivity index (χ0v) is 14.3. The van der Waals surface area contributed by atoms with E-state index in [9.17, 15) is 9.59 Å². The zero-order valence-electron chi connectivity index (χ0n) is 13.5. The van der Waals surface area contributed by atoms with Crippen molar-refractivity contribution in [2.45, 2.75) is 26.0 Å². The van der Waals surface area contributed by atoms with E-state index >= 15 is 0 Å². The van der Waals surface area contributed by atoms with Crippen LogP contribution in [-0.4, -0.2) is 27.2 Å². The van der Waals surface area contributed by atoms with Gasteiger partial charge < -0.3 is 15.4 Å². The van der Waals surface area contributed by atoms with Gasteiger partial charge in [-0.05, 0) is 38.1 Å². The van der Waals surface area contributed by atoms with Crippen LogP contribution < -0.4 is 15.4 Å². The van der Waals surface area contributed by atoms with Crippen LogP contribution in [-0.2, 0) is 23.2 Å².